The second-order valence-corrected chi connectivity index (χ2v) is 4.80. The van der Waals surface area contributed by atoms with Crippen molar-refractivity contribution in [1.29, 1.82) is 0 Å². The molecule has 17 heavy (non-hydrogen) atoms. The second-order valence-electron chi connectivity index (χ2n) is 4.80. The third-order valence-electron chi connectivity index (χ3n) is 3.48. The van der Waals surface area contributed by atoms with E-state index in [0.717, 1.165) is 37.3 Å². The zero-order valence-corrected chi connectivity index (χ0v) is 10.4. The number of unbranched alkanes of at least 4 members (excludes halogenated alkanes) is 2. The average molecular weight is 227 g/mol. The molecular weight excluding hydrogens is 206 g/mol. The van der Waals surface area contributed by atoms with E-state index < -0.39 is 0 Å². The molecule has 90 valence electrons. The number of hydrogen-bond acceptors (Lipinski definition) is 1. The van der Waals surface area contributed by atoms with E-state index in [1.807, 2.05) is 0 Å². The van der Waals surface area contributed by atoms with Crippen LogP contribution in [0.4, 0.5) is 0 Å². The first-order valence-electron chi connectivity index (χ1n) is 6.69. The van der Waals surface area contributed by atoms with Gasteiger partial charge in [0.2, 0.25) is 0 Å². The smallest absolute Gasteiger partial charge is 0.0245 e. The van der Waals surface area contributed by atoms with Gasteiger partial charge in [0.15, 0.2) is 0 Å². The van der Waals surface area contributed by atoms with E-state index in [-0.39, 0.29) is 0 Å². The highest BCUT2D eigenvalue weighted by molar-refractivity contribution is 5.37. The van der Waals surface area contributed by atoms with Crippen LogP contribution in [0, 0.1) is 11.8 Å². The van der Waals surface area contributed by atoms with Crippen LogP contribution in [-0.4, -0.2) is 6.54 Å². The van der Waals surface area contributed by atoms with Crippen LogP contribution < -0.4 is 5.73 Å². The van der Waals surface area contributed by atoms with Crippen LogP contribution in [0.25, 0.3) is 0 Å². The fraction of sp³-hybridized carbons (Fsp3) is 0.500. The largest absolute Gasteiger partial charge is 0.330 e. The monoisotopic (exact) mass is 227 g/mol. The normalized spacial score (nSPS) is 14.9. The molecule has 0 radical (unpaired) electrons. The Morgan fingerprint density at radius 3 is 2.47 bits per heavy atom. The third kappa shape index (κ3) is 3.61. The summed E-state index contributed by atoms with van der Waals surface area (Å²) >= 11 is 0. The van der Waals surface area contributed by atoms with Crippen molar-refractivity contribution in [3.63, 3.8) is 0 Å². The number of benzene rings is 1. The minimum atomic E-state index is 0.776. The Kier molecular flexibility index (Phi) is 4.64. The predicted molar refractivity (Wildman–Crippen MR) is 72.8 cm³/mol. The molecule has 0 bridgehead atoms. The third-order valence-corrected chi connectivity index (χ3v) is 3.48. The summed E-state index contributed by atoms with van der Waals surface area (Å²) in [5.74, 6) is 7.24. The SMILES string of the molecule is NCCCCC#Cc1ccc(C2CCC2)cc1. The minimum Gasteiger partial charge on any atom is -0.330 e. The van der Waals surface area contributed by atoms with Gasteiger partial charge in [-0.3, -0.25) is 0 Å². The predicted octanol–water partition coefficient (Wildman–Crippen LogP) is 3.43. The van der Waals surface area contributed by atoms with E-state index >= 15 is 0 Å². The summed E-state index contributed by atoms with van der Waals surface area (Å²) in [7, 11) is 0. The van der Waals surface area contributed by atoms with Crippen LogP contribution in [0.1, 0.15) is 55.6 Å². The molecule has 0 aliphatic heterocycles. The summed E-state index contributed by atoms with van der Waals surface area (Å²) in [5, 5.41) is 0. The molecule has 0 aromatic heterocycles. The summed E-state index contributed by atoms with van der Waals surface area (Å²) in [6.45, 7) is 0.776. The lowest BCUT2D eigenvalue weighted by Gasteiger charge is -2.25. The van der Waals surface area contributed by atoms with Gasteiger partial charge in [-0.15, -0.1) is 0 Å². The van der Waals surface area contributed by atoms with Gasteiger partial charge in [0.1, 0.15) is 0 Å². The summed E-state index contributed by atoms with van der Waals surface area (Å²) in [6, 6.07) is 8.80. The molecule has 1 nitrogen and oxygen atoms in total. The molecular formula is C16H21N. The van der Waals surface area contributed by atoms with Crippen molar-refractivity contribution in [2.75, 3.05) is 6.54 Å². The van der Waals surface area contributed by atoms with E-state index in [1.54, 1.807) is 0 Å². The Morgan fingerprint density at radius 2 is 1.88 bits per heavy atom. The zero-order chi connectivity index (χ0) is 11.9. The van der Waals surface area contributed by atoms with E-state index in [1.165, 1.54) is 24.8 Å². The van der Waals surface area contributed by atoms with Crippen LogP contribution in [0.15, 0.2) is 24.3 Å². The highest BCUT2D eigenvalue weighted by atomic mass is 14.5. The average Bonchev–Trinajstić information content (AvgIpc) is 2.29. The molecule has 0 saturated heterocycles. The topological polar surface area (TPSA) is 26.0 Å². The van der Waals surface area contributed by atoms with Crippen LogP contribution in [-0.2, 0) is 0 Å². The van der Waals surface area contributed by atoms with Crippen molar-refractivity contribution in [2.45, 2.75) is 44.4 Å². The summed E-state index contributed by atoms with van der Waals surface area (Å²) in [5.41, 5.74) is 8.07. The molecule has 1 aromatic rings. The Hall–Kier alpha value is -1.26. The molecule has 1 aliphatic carbocycles. The second kappa shape index (κ2) is 6.47. The first-order chi connectivity index (χ1) is 8.40. The van der Waals surface area contributed by atoms with Gasteiger partial charge < -0.3 is 5.73 Å². The fourth-order valence-corrected chi connectivity index (χ4v) is 2.10. The number of nitrogens with two attached hydrogens (primary N) is 1. The van der Waals surface area contributed by atoms with Crippen molar-refractivity contribution in [3.8, 4) is 11.8 Å². The first kappa shape index (κ1) is 12.2. The highest BCUT2D eigenvalue weighted by Gasteiger charge is 2.18. The molecule has 1 aromatic carbocycles. The van der Waals surface area contributed by atoms with Crippen LogP contribution >= 0.6 is 0 Å². The van der Waals surface area contributed by atoms with Crippen LogP contribution in [0.3, 0.4) is 0 Å². The Bertz CT molecular complexity index is 390. The lowest BCUT2D eigenvalue weighted by atomic mass is 9.80. The van der Waals surface area contributed by atoms with Gasteiger partial charge in [-0.2, -0.15) is 0 Å². The van der Waals surface area contributed by atoms with Gasteiger partial charge in [-0.05, 0) is 55.8 Å². The molecule has 0 unspecified atom stereocenters. The van der Waals surface area contributed by atoms with Gasteiger partial charge in [0.25, 0.3) is 0 Å². The van der Waals surface area contributed by atoms with Crippen molar-refractivity contribution < 1.29 is 0 Å². The van der Waals surface area contributed by atoms with Gasteiger partial charge >= 0.3 is 0 Å². The van der Waals surface area contributed by atoms with E-state index in [9.17, 15) is 0 Å². The van der Waals surface area contributed by atoms with Crippen LogP contribution in [0.2, 0.25) is 0 Å². The first-order valence-corrected chi connectivity index (χ1v) is 6.69. The maximum Gasteiger partial charge on any atom is 0.0245 e. The van der Waals surface area contributed by atoms with Crippen molar-refractivity contribution in [3.05, 3.63) is 35.4 Å². The maximum absolute atomic E-state index is 5.44. The molecule has 2 rings (SSSR count). The Morgan fingerprint density at radius 1 is 1.12 bits per heavy atom. The molecule has 2 N–H and O–H groups in total. The minimum absolute atomic E-state index is 0.776. The lowest BCUT2D eigenvalue weighted by Crippen LogP contribution is -2.08. The molecule has 1 heteroatoms. The van der Waals surface area contributed by atoms with Crippen LogP contribution in [0.5, 0.6) is 0 Å². The number of rotatable bonds is 4. The Balaban J connectivity index is 1.84. The van der Waals surface area contributed by atoms with Crippen molar-refractivity contribution >= 4 is 0 Å². The van der Waals surface area contributed by atoms with E-state index in [2.05, 4.69) is 36.1 Å². The molecule has 0 amide bonds. The molecule has 1 saturated carbocycles. The molecule has 0 spiro atoms. The Labute approximate surface area is 104 Å². The zero-order valence-electron chi connectivity index (χ0n) is 10.4. The van der Waals surface area contributed by atoms with Gasteiger partial charge in [0, 0.05) is 12.0 Å². The molecule has 0 heterocycles. The van der Waals surface area contributed by atoms with Crippen molar-refractivity contribution in [1.82, 2.24) is 0 Å². The highest BCUT2D eigenvalue weighted by Crippen LogP contribution is 2.36. The van der Waals surface area contributed by atoms with Gasteiger partial charge in [-0.25, -0.2) is 0 Å². The number of hydrogen-bond donors (Lipinski definition) is 1. The molecule has 0 atom stereocenters. The summed E-state index contributed by atoms with van der Waals surface area (Å²) < 4.78 is 0. The van der Waals surface area contributed by atoms with Crippen molar-refractivity contribution in [2.24, 2.45) is 5.73 Å². The maximum atomic E-state index is 5.44. The molecule has 1 aliphatic rings. The van der Waals surface area contributed by atoms with Gasteiger partial charge in [-0.1, -0.05) is 30.4 Å². The van der Waals surface area contributed by atoms with Gasteiger partial charge in [0.05, 0.1) is 0 Å². The summed E-state index contributed by atoms with van der Waals surface area (Å²) in [6.07, 6.45) is 7.28. The fourth-order valence-electron chi connectivity index (χ4n) is 2.10. The quantitative estimate of drug-likeness (QED) is 0.619. The lowest BCUT2D eigenvalue weighted by molar-refractivity contribution is 0.420. The summed E-state index contributed by atoms with van der Waals surface area (Å²) in [4.78, 5) is 0. The van der Waals surface area contributed by atoms with E-state index in [0.29, 0.717) is 0 Å². The standard InChI is InChI=1S/C16H21N/c17-13-4-2-1-3-6-14-9-11-16(12-10-14)15-7-5-8-15/h9-12,15H,1-2,4-5,7-8,13,17H2. The molecule has 1 fully saturated rings. The van der Waals surface area contributed by atoms with E-state index in [4.69, 9.17) is 5.73 Å².